The molecule has 4 rings (SSSR count). The van der Waals surface area contributed by atoms with Crippen LogP contribution in [0, 0.1) is 25.2 Å². The monoisotopic (exact) mass is 355 g/mol. The first-order valence-electron chi connectivity index (χ1n) is 8.54. The van der Waals surface area contributed by atoms with Crippen molar-refractivity contribution in [2.75, 3.05) is 0 Å². The summed E-state index contributed by atoms with van der Waals surface area (Å²) in [5.74, 6) is -0.306. The minimum Gasteiger partial charge on any atom is -0.504 e. The predicted octanol–water partition coefficient (Wildman–Crippen LogP) is 4.18. The largest absolute Gasteiger partial charge is 0.504 e. The van der Waals surface area contributed by atoms with Crippen LogP contribution in [-0.4, -0.2) is 14.7 Å². The maximum absolute atomic E-state index is 11.8. The highest BCUT2D eigenvalue weighted by atomic mass is 16.3. The van der Waals surface area contributed by atoms with E-state index < -0.39 is 5.56 Å². The lowest BCUT2D eigenvalue weighted by molar-refractivity contribution is 0.476. The van der Waals surface area contributed by atoms with Crippen LogP contribution in [0.5, 0.6) is 5.75 Å². The van der Waals surface area contributed by atoms with Crippen LogP contribution in [0.2, 0.25) is 0 Å². The fourth-order valence-electron chi connectivity index (χ4n) is 3.44. The molecule has 0 radical (unpaired) electrons. The zero-order valence-corrected chi connectivity index (χ0v) is 14.9. The molecule has 2 N–H and O–H groups in total. The van der Waals surface area contributed by atoms with Gasteiger partial charge in [0, 0.05) is 11.9 Å². The maximum Gasteiger partial charge on any atom is 0.270 e. The van der Waals surface area contributed by atoms with Crippen molar-refractivity contribution in [3.8, 4) is 28.6 Å². The normalized spacial score (nSPS) is 10.9. The van der Waals surface area contributed by atoms with Crippen molar-refractivity contribution in [3.05, 3.63) is 81.8 Å². The number of aromatic nitrogens is 2. The van der Waals surface area contributed by atoms with E-state index in [1.165, 1.54) is 16.7 Å². The number of hydrogen-bond acceptors (Lipinski definition) is 3. The Balaban J connectivity index is 1.83. The first-order chi connectivity index (χ1) is 13.0. The van der Waals surface area contributed by atoms with Crippen molar-refractivity contribution in [1.29, 1.82) is 5.26 Å². The third kappa shape index (κ3) is 2.68. The van der Waals surface area contributed by atoms with Crippen LogP contribution in [0.15, 0.2) is 59.5 Å². The molecule has 0 fully saturated rings. The quantitative estimate of drug-likeness (QED) is 0.566. The number of aromatic amines is 1. The number of nitrogens with zero attached hydrogens (tertiary/aromatic N) is 2. The molecule has 0 aliphatic heterocycles. The van der Waals surface area contributed by atoms with Gasteiger partial charge in [-0.15, -0.1) is 0 Å². The summed E-state index contributed by atoms with van der Waals surface area (Å²) in [6, 6.07) is 17.8. The Hall–Kier alpha value is -3.78. The number of pyridine rings is 1. The average Bonchev–Trinajstić information content (AvgIpc) is 3.06. The van der Waals surface area contributed by atoms with Gasteiger partial charge in [0.1, 0.15) is 11.6 Å². The number of H-pyrrole nitrogens is 1. The fourth-order valence-corrected chi connectivity index (χ4v) is 3.44. The summed E-state index contributed by atoms with van der Waals surface area (Å²) in [6.07, 6.45) is 1.76. The van der Waals surface area contributed by atoms with Crippen LogP contribution >= 0.6 is 0 Å². The molecule has 0 aliphatic rings. The lowest BCUT2D eigenvalue weighted by Crippen LogP contribution is -2.10. The fraction of sp³-hybridized carbons (Fsp3) is 0.0909. The van der Waals surface area contributed by atoms with Gasteiger partial charge in [-0.3, -0.25) is 4.79 Å². The number of fused-ring (bicyclic) bond motifs is 1. The summed E-state index contributed by atoms with van der Waals surface area (Å²) >= 11 is 0. The van der Waals surface area contributed by atoms with E-state index in [1.54, 1.807) is 22.9 Å². The number of hydrogen-bond donors (Lipinski definition) is 2. The van der Waals surface area contributed by atoms with E-state index >= 15 is 0 Å². The first-order valence-corrected chi connectivity index (χ1v) is 8.54. The third-order valence-electron chi connectivity index (χ3n) is 4.77. The molecule has 5 heteroatoms. The Morgan fingerprint density at radius 2 is 1.81 bits per heavy atom. The second-order valence-corrected chi connectivity index (χ2v) is 6.60. The van der Waals surface area contributed by atoms with Crippen LogP contribution in [0.4, 0.5) is 0 Å². The van der Waals surface area contributed by atoms with Gasteiger partial charge in [0.15, 0.2) is 11.3 Å². The molecule has 2 aromatic heterocycles. The smallest absolute Gasteiger partial charge is 0.270 e. The van der Waals surface area contributed by atoms with Crippen LogP contribution in [0.1, 0.15) is 16.7 Å². The Morgan fingerprint density at radius 1 is 1.07 bits per heavy atom. The van der Waals surface area contributed by atoms with E-state index in [0.717, 1.165) is 11.3 Å². The van der Waals surface area contributed by atoms with Crippen molar-refractivity contribution in [1.82, 2.24) is 9.55 Å². The Bertz CT molecular complexity index is 1270. The molecule has 0 saturated carbocycles. The topological polar surface area (TPSA) is 81.8 Å². The number of nitrogens with one attached hydrogen (secondary N) is 1. The van der Waals surface area contributed by atoms with Crippen molar-refractivity contribution in [2.24, 2.45) is 0 Å². The Morgan fingerprint density at radius 3 is 2.48 bits per heavy atom. The Kier molecular flexibility index (Phi) is 3.82. The highest BCUT2D eigenvalue weighted by molar-refractivity contribution is 5.86. The average molecular weight is 355 g/mol. The van der Waals surface area contributed by atoms with Crippen LogP contribution in [-0.2, 0) is 0 Å². The molecule has 2 heterocycles. The highest BCUT2D eigenvalue weighted by Gasteiger charge is 2.16. The summed E-state index contributed by atoms with van der Waals surface area (Å²) in [5.41, 5.74) is 5.55. The van der Waals surface area contributed by atoms with Crippen molar-refractivity contribution >= 4 is 11.0 Å². The summed E-state index contributed by atoms with van der Waals surface area (Å²) in [5, 5.41) is 19.5. The molecular formula is C22H17N3O2. The summed E-state index contributed by atoms with van der Waals surface area (Å²) in [4.78, 5) is 14.5. The second-order valence-electron chi connectivity index (χ2n) is 6.60. The molecular weight excluding hydrogens is 338 g/mol. The zero-order chi connectivity index (χ0) is 19.1. The molecule has 0 bridgehead atoms. The molecule has 0 amide bonds. The minimum absolute atomic E-state index is 0.283. The Labute approximate surface area is 155 Å². The van der Waals surface area contributed by atoms with Crippen LogP contribution in [0.25, 0.3) is 27.8 Å². The SMILES string of the molecule is Cc1ccc(-c2ccc(-n3ccc4[nH]c(=O)c(C#N)c(O)c43)cc2)c(C)c1. The molecule has 27 heavy (non-hydrogen) atoms. The number of benzene rings is 2. The molecule has 0 spiro atoms. The van der Waals surface area contributed by atoms with E-state index in [9.17, 15) is 9.90 Å². The minimum atomic E-state index is -0.592. The van der Waals surface area contributed by atoms with Gasteiger partial charge in [-0.25, -0.2) is 0 Å². The molecule has 0 saturated heterocycles. The van der Waals surface area contributed by atoms with Gasteiger partial charge in [-0.1, -0.05) is 35.9 Å². The number of nitriles is 1. The number of aryl methyl sites for hydroxylation is 2. The second kappa shape index (κ2) is 6.19. The lowest BCUT2D eigenvalue weighted by atomic mass is 9.98. The molecule has 5 nitrogen and oxygen atoms in total. The molecule has 0 atom stereocenters. The summed E-state index contributed by atoms with van der Waals surface area (Å²) in [6.45, 7) is 4.16. The maximum atomic E-state index is 11.8. The van der Waals surface area contributed by atoms with E-state index in [2.05, 4.69) is 37.0 Å². The zero-order valence-electron chi connectivity index (χ0n) is 14.9. The van der Waals surface area contributed by atoms with Gasteiger partial charge in [-0.05, 0) is 48.7 Å². The molecule has 4 aromatic rings. The van der Waals surface area contributed by atoms with Crippen LogP contribution in [0.3, 0.4) is 0 Å². The lowest BCUT2D eigenvalue weighted by Gasteiger charge is -2.10. The molecule has 132 valence electrons. The van der Waals surface area contributed by atoms with Crippen molar-refractivity contribution in [2.45, 2.75) is 13.8 Å². The van der Waals surface area contributed by atoms with E-state index in [-0.39, 0.29) is 11.3 Å². The third-order valence-corrected chi connectivity index (χ3v) is 4.77. The molecule has 2 aromatic carbocycles. The summed E-state index contributed by atoms with van der Waals surface area (Å²) in [7, 11) is 0. The van der Waals surface area contributed by atoms with Crippen molar-refractivity contribution < 1.29 is 5.11 Å². The van der Waals surface area contributed by atoms with Gasteiger partial charge in [-0.2, -0.15) is 5.26 Å². The van der Waals surface area contributed by atoms with Gasteiger partial charge < -0.3 is 14.7 Å². The predicted molar refractivity (Wildman–Crippen MR) is 105 cm³/mol. The van der Waals surface area contributed by atoms with Gasteiger partial charge in [0.25, 0.3) is 5.56 Å². The van der Waals surface area contributed by atoms with E-state index in [0.29, 0.717) is 11.0 Å². The first kappa shape index (κ1) is 16.7. The molecule has 0 unspecified atom stereocenters. The highest BCUT2D eigenvalue weighted by Crippen LogP contribution is 2.30. The number of aromatic hydroxyl groups is 1. The van der Waals surface area contributed by atoms with Crippen molar-refractivity contribution in [3.63, 3.8) is 0 Å². The van der Waals surface area contributed by atoms with E-state index in [4.69, 9.17) is 5.26 Å². The van der Waals surface area contributed by atoms with Crippen LogP contribution < -0.4 is 5.56 Å². The number of rotatable bonds is 2. The van der Waals surface area contributed by atoms with Gasteiger partial charge in [0.2, 0.25) is 0 Å². The van der Waals surface area contributed by atoms with Gasteiger partial charge in [0.05, 0.1) is 5.52 Å². The van der Waals surface area contributed by atoms with E-state index in [1.807, 2.05) is 24.3 Å². The van der Waals surface area contributed by atoms with Gasteiger partial charge >= 0.3 is 0 Å². The standard InChI is InChI=1S/C22H17N3O2/c1-13-3-8-17(14(2)11-13)15-4-6-16(7-5-15)25-10-9-19-20(25)21(26)18(12-23)22(27)24-19/h3-11H,1-2H3,(H2,24,26,27). The molecule has 0 aliphatic carbocycles. The summed E-state index contributed by atoms with van der Waals surface area (Å²) < 4.78 is 1.76.